The fraction of sp³-hybridized carbons (Fsp3) is 0.619. The van der Waals surface area contributed by atoms with E-state index in [0.29, 0.717) is 12.3 Å². The Morgan fingerprint density at radius 3 is 2.76 bits per heavy atom. The molecule has 1 aromatic carbocycles. The summed E-state index contributed by atoms with van der Waals surface area (Å²) in [6.45, 7) is 10.1. The van der Waals surface area contributed by atoms with Gasteiger partial charge in [0.1, 0.15) is 5.75 Å². The number of rotatable bonds is 10. The lowest BCUT2D eigenvalue weighted by Crippen LogP contribution is -2.39. The zero-order valence-electron chi connectivity index (χ0n) is 17.7. The van der Waals surface area contributed by atoms with E-state index in [1.807, 2.05) is 18.2 Å². The standard InChI is InChI=1S/C21H35N5O2.HI/c1-3-23-21(24-10-5-11-26-12-8-17(2)9-13-26)25-15-18-6-4-7-19(14-18)28-16-20(22)27;/h4,6-7,14,17H,3,5,8-13,15-16H2,1-2H3,(H2,22,27)(H2,23,24,25);1H. The van der Waals surface area contributed by atoms with Gasteiger partial charge in [0.15, 0.2) is 12.6 Å². The van der Waals surface area contributed by atoms with Crippen molar-refractivity contribution < 1.29 is 9.53 Å². The van der Waals surface area contributed by atoms with Crippen LogP contribution < -0.4 is 21.1 Å². The van der Waals surface area contributed by atoms with Crippen LogP contribution in [0.3, 0.4) is 0 Å². The Hall–Kier alpha value is -1.55. The summed E-state index contributed by atoms with van der Waals surface area (Å²) in [5.41, 5.74) is 6.13. The van der Waals surface area contributed by atoms with E-state index in [0.717, 1.165) is 43.5 Å². The monoisotopic (exact) mass is 517 g/mol. The molecule has 1 fully saturated rings. The molecule has 0 bridgehead atoms. The number of piperidine rings is 1. The maximum absolute atomic E-state index is 10.8. The van der Waals surface area contributed by atoms with Gasteiger partial charge in [-0.2, -0.15) is 0 Å². The fourth-order valence-corrected chi connectivity index (χ4v) is 3.20. The number of nitrogens with one attached hydrogen (secondary N) is 2. The number of halogens is 1. The van der Waals surface area contributed by atoms with Gasteiger partial charge in [-0.1, -0.05) is 19.1 Å². The van der Waals surface area contributed by atoms with Crippen LogP contribution in [-0.2, 0) is 11.3 Å². The van der Waals surface area contributed by atoms with Crippen molar-refractivity contribution in [3.05, 3.63) is 29.8 Å². The minimum atomic E-state index is -0.485. The maximum atomic E-state index is 10.8. The van der Waals surface area contributed by atoms with Gasteiger partial charge in [-0.3, -0.25) is 4.79 Å². The van der Waals surface area contributed by atoms with Gasteiger partial charge in [-0.05, 0) is 69.4 Å². The van der Waals surface area contributed by atoms with Crippen molar-refractivity contribution >= 4 is 35.8 Å². The number of carbonyl (C=O) groups excluding carboxylic acids is 1. The van der Waals surface area contributed by atoms with Crippen LogP contribution in [0.2, 0.25) is 0 Å². The molecule has 29 heavy (non-hydrogen) atoms. The quantitative estimate of drug-likeness (QED) is 0.192. The second-order valence-electron chi connectivity index (χ2n) is 7.40. The maximum Gasteiger partial charge on any atom is 0.255 e. The third-order valence-electron chi connectivity index (χ3n) is 4.86. The molecule has 2 rings (SSSR count). The number of amides is 1. The number of primary amides is 1. The summed E-state index contributed by atoms with van der Waals surface area (Å²) in [5, 5.41) is 6.70. The Morgan fingerprint density at radius 1 is 1.31 bits per heavy atom. The normalized spacial score (nSPS) is 15.4. The first kappa shape index (κ1) is 25.5. The van der Waals surface area contributed by atoms with Crippen molar-refractivity contribution in [2.45, 2.75) is 39.7 Å². The van der Waals surface area contributed by atoms with Gasteiger partial charge in [0.25, 0.3) is 5.91 Å². The molecule has 0 radical (unpaired) electrons. The third-order valence-corrected chi connectivity index (χ3v) is 4.86. The van der Waals surface area contributed by atoms with Gasteiger partial charge < -0.3 is 26.0 Å². The molecule has 0 aromatic heterocycles. The Morgan fingerprint density at radius 2 is 2.07 bits per heavy atom. The van der Waals surface area contributed by atoms with E-state index in [4.69, 9.17) is 10.5 Å². The van der Waals surface area contributed by atoms with Crippen LogP contribution in [0.1, 0.15) is 38.7 Å². The van der Waals surface area contributed by atoms with Crippen molar-refractivity contribution in [2.24, 2.45) is 16.6 Å². The first-order chi connectivity index (χ1) is 13.6. The fourth-order valence-electron chi connectivity index (χ4n) is 3.20. The van der Waals surface area contributed by atoms with Crippen LogP contribution in [0, 0.1) is 5.92 Å². The smallest absolute Gasteiger partial charge is 0.255 e. The van der Waals surface area contributed by atoms with E-state index >= 15 is 0 Å². The van der Waals surface area contributed by atoms with E-state index < -0.39 is 5.91 Å². The lowest BCUT2D eigenvalue weighted by molar-refractivity contribution is -0.119. The molecule has 1 aliphatic rings. The van der Waals surface area contributed by atoms with Crippen LogP contribution in [-0.4, -0.2) is 56.1 Å². The molecule has 7 nitrogen and oxygen atoms in total. The minimum Gasteiger partial charge on any atom is -0.484 e. The summed E-state index contributed by atoms with van der Waals surface area (Å²) in [6, 6.07) is 7.57. The first-order valence-electron chi connectivity index (χ1n) is 10.3. The van der Waals surface area contributed by atoms with Crippen molar-refractivity contribution in [1.82, 2.24) is 15.5 Å². The largest absolute Gasteiger partial charge is 0.484 e. The number of aliphatic imine (C=N–C) groups is 1. The molecule has 1 saturated heterocycles. The molecule has 0 spiro atoms. The van der Waals surface area contributed by atoms with Crippen LogP contribution in [0.15, 0.2) is 29.3 Å². The van der Waals surface area contributed by atoms with Crippen molar-refractivity contribution in [1.29, 1.82) is 0 Å². The van der Waals surface area contributed by atoms with Crippen molar-refractivity contribution in [2.75, 3.05) is 39.3 Å². The zero-order valence-corrected chi connectivity index (χ0v) is 20.0. The molecule has 1 heterocycles. The Balaban J connectivity index is 0.00000420. The van der Waals surface area contributed by atoms with Crippen LogP contribution in [0.4, 0.5) is 0 Å². The van der Waals surface area contributed by atoms with Gasteiger partial charge in [-0.25, -0.2) is 4.99 Å². The number of hydrogen-bond donors (Lipinski definition) is 3. The summed E-state index contributed by atoms with van der Waals surface area (Å²) in [7, 11) is 0. The van der Waals surface area contributed by atoms with Gasteiger partial charge >= 0.3 is 0 Å². The average Bonchev–Trinajstić information content (AvgIpc) is 2.69. The summed E-state index contributed by atoms with van der Waals surface area (Å²) in [5.74, 6) is 1.83. The molecule has 1 amide bonds. The van der Waals surface area contributed by atoms with Crippen LogP contribution in [0.25, 0.3) is 0 Å². The molecule has 1 aromatic rings. The summed E-state index contributed by atoms with van der Waals surface area (Å²) < 4.78 is 5.35. The Kier molecular flexibility index (Phi) is 12.7. The molecule has 0 saturated carbocycles. The average molecular weight is 517 g/mol. The highest BCUT2D eigenvalue weighted by molar-refractivity contribution is 14.0. The van der Waals surface area contributed by atoms with Crippen LogP contribution in [0.5, 0.6) is 5.75 Å². The summed E-state index contributed by atoms with van der Waals surface area (Å²) >= 11 is 0. The first-order valence-corrected chi connectivity index (χ1v) is 10.3. The Bertz CT molecular complexity index is 633. The number of benzene rings is 1. The number of hydrogen-bond acceptors (Lipinski definition) is 4. The molecule has 8 heteroatoms. The number of nitrogens with two attached hydrogens (primary N) is 1. The molecule has 0 aliphatic carbocycles. The second-order valence-corrected chi connectivity index (χ2v) is 7.40. The number of carbonyl (C=O) groups is 1. The number of nitrogens with zero attached hydrogens (tertiary/aromatic N) is 2. The van der Waals surface area contributed by atoms with Gasteiger partial charge in [0.05, 0.1) is 6.54 Å². The lowest BCUT2D eigenvalue weighted by Gasteiger charge is -2.30. The van der Waals surface area contributed by atoms with Crippen molar-refractivity contribution in [3.8, 4) is 5.75 Å². The molecule has 0 unspecified atom stereocenters. The summed E-state index contributed by atoms with van der Waals surface area (Å²) in [6.07, 6.45) is 3.74. The molecule has 164 valence electrons. The molecule has 0 atom stereocenters. The SMILES string of the molecule is CCNC(=NCc1cccc(OCC(N)=O)c1)NCCCN1CCC(C)CC1.I. The number of likely N-dealkylation sites (tertiary alicyclic amines) is 1. The topological polar surface area (TPSA) is 92.0 Å². The third kappa shape index (κ3) is 10.7. The summed E-state index contributed by atoms with van der Waals surface area (Å²) in [4.78, 5) is 18.0. The molecular formula is C21H36IN5O2. The highest BCUT2D eigenvalue weighted by Gasteiger charge is 2.14. The molecular weight excluding hydrogens is 481 g/mol. The van der Waals surface area contributed by atoms with Gasteiger partial charge in [0, 0.05) is 13.1 Å². The minimum absolute atomic E-state index is 0. The molecule has 1 aliphatic heterocycles. The van der Waals surface area contributed by atoms with Gasteiger partial charge in [0.2, 0.25) is 0 Å². The zero-order chi connectivity index (χ0) is 20.2. The van der Waals surface area contributed by atoms with Crippen molar-refractivity contribution in [3.63, 3.8) is 0 Å². The highest BCUT2D eigenvalue weighted by Crippen LogP contribution is 2.16. The molecule has 4 N–H and O–H groups in total. The predicted octanol–water partition coefficient (Wildman–Crippen LogP) is 2.35. The lowest BCUT2D eigenvalue weighted by atomic mass is 9.99. The van der Waals surface area contributed by atoms with E-state index in [1.165, 1.54) is 25.9 Å². The number of guanidine groups is 1. The highest BCUT2D eigenvalue weighted by atomic mass is 127. The number of ether oxygens (including phenoxy) is 1. The van der Waals surface area contributed by atoms with E-state index in [1.54, 1.807) is 6.07 Å². The van der Waals surface area contributed by atoms with Gasteiger partial charge in [-0.15, -0.1) is 24.0 Å². The van der Waals surface area contributed by atoms with E-state index in [-0.39, 0.29) is 30.6 Å². The van der Waals surface area contributed by atoms with Crippen LogP contribution >= 0.6 is 24.0 Å². The second kappa shape index (κ2) is 14.4. The Labute approximate surface area is 191 Å². The van der Waals surface area contributed by atoms with E-state index in [2.05, 4.69) is 34.4 Å². The van der Waals surface area contributed by atoms with E-state index in [9.17, 15) is 4.79 Å². The predicted molar refractivity (Wildman–Crippen MR) is 129 cm³/mol.